The van der Waals surface area contributed by atoms with Gasteiger partial charge in [0.05, 0.1) is 12.2 Å². The predicted molar refractivity (Wildman–Crippen MR) is 82.4 cm³/mol. The van der Waals surface area contributed by atoms with Crippen molar-refractivity contribution in [2.75, 3.05) is 20.2 Å². The third-order valence-electron chi connectivity index (χ3n) is 6.54. The van der Waals surface area contributed by atoms with Gasteiger partial charge in [0, 0.05) is 37.6 Å². The van der Waals surface area contributed by atoms with E-state index < -0.39 is 0 Å². The number of carbonyl (C=O) groups is 1. The summed E-state index contributed by atoms with van der Waals surface area (Å²) in [4.78, 5) is 14.2. The maximum absolute atomic E-state index is 12.5. The molecule has 3 aliphatic carbocycles. The predicted octanol–water partition coefficient (Wildman–Crippen LogP) is 1.75. The molecular weight excluding hydrogens is 280 g/mol. The number of carbonyl (C=O) groups excluding carboxylic acids is 1. The minimum absolute atomic E-state index is 0.0266. The van der Waals surface area contributed by atoms with Crippen molar-refractivity contribution >= 4 is 6.03 Å². The first-order valence-electron chi connectivity index (χ1n) is 8.93. The molecule has 1 spiro atoms. The average molecular weight is 308 g/mol. The number of nitrogens with zero attached hydrogens (tertiary/aromatic N) is 1. The van der Waals surface area contributed by atoms with E-state index in [9.17, 15) is 9.90 Å². The number of ether oxygens (including phenoxy) is 1. The zero-order valence-electron chi connectivity index (χ0n) is 13.5. The van der Waals surface area contributed by atoms with Crippen LogP contribution in [0.2, 0.25) is 0 Å². The lowest BCUT2D eigenvalue weighted by Crippen LogP contribution is -2.69. The van der Waals surface area contributed by atoms with Crippen LogP contribution in [-0.4, -0.2) is 54.5 Å². The molecule has 0 radical (unpaired) electrons. The van der Waals surface area contributed by atoms with Crippen LogP contribution in [0.3, 0.4) is 0 Å². The van der Waals surface area contributed by atoms with E-state index >= 15 is 0 Å². The van der Waals surface area contributed by atoms with Gasteiger partial charge in [-0.15, -0.1) is 0 Å². The summed E-state index contributed by atoms with van der Waals surface area (Å²) >= 11 is 0. The van der Waals surface area contributed by atoms with Crippen molar-refractivity contribution in [3.63, 3.8) is 0 Å². The van der Waals surface area contributed by atoms with Crippen LogP contribution in [0, 0.1) is 17.3 Å². The molecule has 1 aliphatic heterocycles. The van der Waals surface area contributed by atoms with E-state index in [-0.39, 0.29) is 23.6 Å². The van der Waals surface area contributed by atoms with E-state index in [1.807, 2.05) is 0 Å². The molecule has 2 N–H and O–H groups in total. The van der Waals surface area contributed by atoms with E-state index in [2.05, 4.69) is 5.32 Å². The summed E-state index contributed by atoms with van der Waals surface area (Å²) in [5.41, 5.74) is 0.201. The molecule has 5 heteroatoms. The first kappa shape index (κ1) is 14.8. The summed E-state index contributed by atoms with van der Waals surface area (Å²) in [6.45, 7) is 1.29. The zero-order valence-corrected chi connectivity index (χ0v) is 13.5. The molecule has 0 aromatic rings. The van der Waals surface area contributed by atoms with Gasteiger partial charge in [0.25, 0.3) is 0 Å². The summed E-state index contributed by atoms with van der Waals surface area (Å²) < 4.78 is 5.96. The molecule has 0 aromatic heterocycles. The third kappa shape index (κ3) is 2.24. The van der Waals surface area contributed by atoms with Gasteiger partial charge in [-0.1, -0.05) is 12.8 Å². The monoisotopic (exact) mass is 308 g/mol. The largest absolute Gasteiger partial charge is 0.391 e. The fourth-order valence-electron chi connectivity index (χ4n) is 5.14. The van der Waals surface area contributed by atoms with Gasteiger partial charge in [-0.25, -0.2) is 4.79 Å². The number of hydrogen-bond acceptors (Lipinski definition) is 3. The van der Waals surface area contributed by atoms with Crippen LogP contribution < -0.4 is 5.32 Å². The topological polar surface area (TPSA) is 61.8 Å². The first-order valence-corrected chi connectivity index (χ1v) is 8.93. The Morgan fingerprint density at radius 3 is 2.77 bits per heavy atom. The molecule has 0 aromatic carbocycles. The van der Waals surface area contributed by atoms with Crippen LogP contribution in [0.4, 0.5) is 4.79 Å². The molecule has 4 unspecified atom stereocenters. The van der Waals surface area contributed by atoms with E-state index in [4.69, 9.17) is 4.74 Å². The summed E-state index contributed by atoms with van der Waals surface area (Å²) in [5, 5.41) is 13.3. The fourth-order valence-corrected chi connectivity index (χ4v) is 5.14. The van der Waals surface area contributed by atoms with Gasteiger partial charge in [-0.2, -0.15) is 0 Å². The summed E-state index contributed by atoms with van der Waals surface area (Å²) in [6.07, 6.45) is 8.19. The number of aliphatic hydroxyl groups excluding tert-OH is 1. The normalized spacial score (nSPS) is 36.7. The molecule has 1 saturated heterocycles. The molecule has 4 aliphatic rings. The van der Waals surface area contributed by atoms with Crippen molar-refractivity contribution in [2.24, 2.45) is 17.3 Å². The van der Waals surface area contributed by atoms with E-state index in [1.165, 1.54) is 25.7 Å². The maximum atomic E-state index is 12.5. The van der Waals surface area contributed by atoms with E-state index in [1.54, 1.807) is 11.9 Å². The molecule has 5 nitrogen and oxygen atoms in total. The number of aliphatic hydroxyl groups is 1. The Labute approximate surface area is 132 Å². The zero-order chi connectivity index (χ0) is 15.3. The Morgan fingerprint density at radius 1 is 1.36 bits per heavy atom. The van der Waals surface area contributed by atoms with Gasteiger partial charge in [0.1, 0.15) is 0 Å². The molecule has 4 atom stereocenters. The number of amides is 2. The highest BCUT2D eigenvalue weighted by atomic mass is 16.5. The minimum atomic E-state index is -0.361. The second-order valence-corrected chi connectivity index (χ2v) is 7.90. The first-order chi connectivity index (χ1) is 10.6. The van der Waals surface area contributed by atoms with Crippen molar-refractivity contribution in [1.82, 2.24) is 10.2 Å². The third-order valence-corrected chi connectivity index (χ3v) is 6.54. The van der Waals surface area contributed by atoms with Crippen molar-refractivity contribution in [3.05, 3.63) is 0 Å². The lowest BCUT2D eigenvalue weighted by Gasteiger charge is -2.57. The van der Waals surface area contributed by atoms with Crippen LogP contribution in [0.5, 0.6) is 0 Å². The number of nitrogens with one attached hydrogen (secondary N) is 1. The van der Waals surface area contributed by atoms with Gasteiger partial charge in [0.15, 0.2) is 0 Å². The van der Waals surface area contributed by atoms with Crippen molar-refractivity contribution in [1.29, 1.82) is 0 Å². The van der Waals surface area contributed by atoms with Crippen molar-refractivity contribution in [3.8, 4) is 0 Å². The second-order valence-electron chi connectivity index (χ2n) is 7.90. The molecule has 1 heterocycles. The number of fused-ring (bicyclic) bond motifs is 2. The summed E-state index contributed by atoms with van der Waals surface area (Å²) in [5.74, 6) is 0.913. The Hall–Kier alpha value is -0.810. The van der Waals surface area contributed by atoms with Gasteiger partial charge in [-0.05, 0) is 38.0 Å². The van der Waals surface area contributed by atoms with Gasteiger partial charge in [0.2, 0.25) is 0 Å². The van der Waals surface area contributed by atoms with Crippen LogP contribution in [0.15, 0.2) is 0 Å². The maximum Gasteiger partial charge on any atom is 0.317 e. The van der Waals surface area contributed by atoms with Crippen LogP contribution in [0.1, 0.15) is 44.9 Å². The van der Waals surface area contributed by atoms with E-state index in [0.717, 1.165) is 25.9 Å². The molecule has 0 bridgehead atoms. The highest BCUT2D eigenvalue weighted by molar-refractivity contribution is 5.74. The number of hydrogen-bond donors (Lipinski definition) is 2. The number of likely N-dealkylation sites (N-methyl/N-ethyl adjacent to an activating group) is 1. The lowest BCUT2D eigenvalue weighted by atomic mass is 9.54. The summed E-state index contributed by atoms with van der Waals surface area (Å²) in [7, 11) is 1.80. The van der Waals surface area contributed by atoms with Crippen LogP contribution in [0.25, 0.3) is 0 Å². The highest BCUT2D eigenvalue weighted by Gasteiger charge is 2.65. The molecular formula is C17H28N2O3. The fraction of sp³-hybridized carbons (Fsp3) is 0.941. The Bertz CT molecular complexity index is 445. The summed E-state index contributed by atoms with van der Waals surface area (Å²) in [6, 6.07) is 0.247. The Morgan fingerprint density at radius 2 is 2.09 bits per heavy atom. The van der Waals surface area contributed by atoms with Crippen LogP contribution >= 0.6 is 0 Å². The number of rotatable bonds is 4. The van der Waals surface area contributed by atoms with E-state index in [0.29, 0.717) is 24.5 Å². The minimum Gasteiger partial charge on any atom is -0.391 e. The standard InChI is InChI=1S/C17H28N2O3/c1-19(10-13(20)11-4-5-11)16(21)18-14-12-6-9-22-15(12)17(14)7-2-3-8-17/h11-15,20H,2-10H2,1H3,(H,18,21). The van der Waals surface area contributed by atoms with Gasteiger partial charge in [-0.3, -0.25) is 0 Å². The average Bonchev–Trinajstić information content (AvgIpc) is 3.06. The highest BCUT2D eigenvalue weighted by Crippen LogP contribution is 2.60. The molecule has 2 amide bonds. The van der Waals surface area contributed by atoms with Crippen LogP contribution in [-0.2, 0) is 4.74 Å². The molecule has 124 valence electrons. The van der Waals surface area contributed by atoms with Gasteiger partial charge < -0.3 is 20.1 Å². The lowest BCUT2D eigenvalue weighted by molar-refractivity contribution is -0.127. The quantitative estimate of drug-likeness (QED) is 0.832. The Kier molecular flexibility index (Phi) is 3.61. The SMILES string of the molecule is CN(CC(O)C1CC1)C(=O)NC1C2CCOC2C12CCCC2. The van der Waals surface area contributed by atoms with Crippen molar-refractivity contribution in [2.45, 2.75) is 63.2 Å². The molecule has 4 rings (SSSR count). The molecule has 4 fully saturated rings. The smallest absolute Gasteiger partial charge is 0.317 e. The molecule has 3 saturated carbocycles. The second kappa shape index (κ2) is 5.38. The van der Waals surface area contributed by atoms with Crippen molar-refractivity contribution < 1.29 is 14.6 Å². The molecule has 22 heavy (non-hydrogen) atoms. The number of urea groups is 1. The Balaban J connectivity index is 1.38. The van der Waals surface area contributed by atoms with Gasteiger partial charge >= 0.3 is 6.03 Å².